The summed E-state index contributed by atoms with van der Waals surface area (Å²) in [6, 6.07) is 12.3. The van der Waals surface area contributed by atoms with E-state index in [9.17, 15) is 5.11 Å². The van der Waals surface area contributed by atoms with Crippen LogP contribution in [0.15, 0.2) is 41.4 Å². The fraction of sp³-hybridized carbons (Fsp3) is 0.350. The standard InChI is InChI=1S/C20H25NO/c1-13(2)17-8-6-16(7-9-17)12-21-19-10-15(5)20(22)11-18(19)14(3)4/h6-14,22H,1-5H3. The third kappa shape index (κ3) is 3.76. The molecule has 2 heteroatoms. The van der Waals surface area contributed by atoms with Crippen molar-refractivity contribution in [3.05, 3.63) is 58.7 Å². The molecule has 0 aliphatic carbocycles. The van der Waals surface area contributed by atoms with Crippen LogP contribution in [-0.2, 0) is 0 Å². The van der Waals surface area contributed by atoms with Crippen LogP contribution < -0.4 is 0 Å². The number of hydrogen-bond acceptors (Lipinski definition) is 2. The third-order valence-corrected chi connectivity index (χ3v) is 3.92. The number of phenolic OH excluding ortho intramolecular Hbond substituents is 1. The quantitative estimate of drug-likeness (QED) is 0.721. The number of rotatable bonds is 4. The van der Waals surface area contributed by atoms with Crippen LogP contribution in [0.2, 0.25) is 0 Å². The number of aliphatic imine (C=N–C) groups is 1. The first-order valence-electron chi connectivity index (χ1n) is 7.86. The fourth-order valence-electron chi connectivity index (χ4n) is 2.38. The van der Waals surface area contributed by atoms with E-state index < -0.39 is 0 Å². The highest BCUT2D eigenvalue weighted by Gasteiger charge is 2.09. The van der Waals surface area contributed by atoms with Gasteiger partial charge in [0, 0.05) is 6.21 Å². The van der Waals surface area contributed by atoms with E-state index in [-0.39, 0.29) is 0 Å². The van der Waals surface area contributed by atoms with E-state index in [0.717, 1.165) is 22.4 Å². The molecule has 0 unspecified atom stereocenters. The molecule has 0 saturated heterocycles. The zero-order valence-electron chi connectivity index (χ0n) is 14.1. The summed E-state index contributed by atoms with van der Waals surface area (Å²) >= 11 is 0. The van der Waals surface area contributed by atoms with Crippen LogP contribution in [-0.4, -0.2) is 11.3 Å². The minimum atomic E-state index is 0.321. The Morgan fingerprint density at radius 1 is 0.955 bits per heavy atom. The first-order chi connectivity index (χ1) is 10.4. The number of hydrogen-bond donors (Lipinski definition) is 1. The molecule has 22 heavy (non-hydrogen) atoms. The van der Waals surface area contributed by atoms with Crippen LogP contribution in [0.5, 0.6) is 5.75 Å². The van der Waals surface area contributed by atoms with Gasteiger partial charge < -0.3 is 5.11 Å². The average molecular weight is 295 g/mol. The lowest BCUT2D eigenvalue weighted by atomic mass is 9.99. The molecule has 0 atom stereocenters. The molecule has 2 aromatic rings. The Morgan fingerprint density at radius 3 is 2.14 bits per heavy atom. The molecule has 2 rings (SSSR count). The molecule has 1 N–H and O–H groups in total. The normalized spacial score (nSPS) is 11.8. The number of nitrogens with zero attached hydrogens (tertiary/aromatic N) is 1. The lowest BCUT2D eigenvalue weighted by Gasteiger charge is -2.11. The summed E-state index contributed by atoms with van der Waals surface area (Å²) in [5, 5.41) is 9.89. The average Bonchev–Trinajstić information content (AvgIpc) is 2.48. The zero-order valence-corrected chi connectivity index (χ0v) is 14.1. The monoisotopic (exact) mass is 295 g/mol. The fourth-order valence-corrected chi connectivity index (χ4v) is 2.38. The first-order valence-corrected chi connectivity index (χ1v) is 7.86. The van der Waals surface area contributed by atoms with Crippen LogP contribution in [0.4, 0.5) is 5.69 Å². The van der Waals surface area contributed by atoms with E-state index in [0.29, 0.717) is 17.6 Å². The van der Waals surface area contributed by atoms with Gasteiger partial charge in [0.25, 0.3) is 0 Å². The molecule has 0 aliphatic heterocycles. The van der Waals surface area contributed by atoms with Crippen molar-refractivity contribution in [2.24, 2.45) is 4.99 Å². The van der Waals surface area contributed by atoms with E-state index in [1.54, 1.807) is 0 Å². The van der Waals surface area contributed by atoms with Gasteiger partial charge in [0.15, 0.2) is 0 Å². The second kappa shape index (κ2) is 6.78. The van der Waals surface area contributed by atoms with Gasteiger partial charge in [-0.15, -0.1) is 0 Å². The van der Waals surface area contributed by atoms with Crippen molar-refractivity contribution in [1.82, 2.24) is 0 Å². The van der Waals surface area contributed by atoms with Gasteiger partial charge in [-0.3, -0.25) is 4.99 Å². The van der Waals surface area contributed by atoms with Crippen LogP contribution in [0.3, 0.4) is 0 Å². The molecular formula is C20H25NO. The largest absolute Gasteiger partial charge is 0.508 e. The highest BCUT2D eigenvalue weighted by molar-refractivity contribution is 5.82. The van der Waals surface area contributed by atoms with E-state index in [4.69, 9.17) is 0 Å². The maximum absolute atomic E-state index is 9.89. The van der Waals surface area contributed by atoms with Gasteiger partial charge in [0.05, 0.1) is 5.69 Å². The summed E-state index contributed by atoms with van der Waals surface area (Å²) in [6.07, 6.45) is 1.89. The van der Waals surface area contributed by atoms with Crippen molar-refractivity contribution < 1.29 is 5.11 Å². The topological polar surface area (TPSA) is 32.6 Å². The highest BCUT2D eigenvalue weighted by atomic mass is 16.3. The summed E-state index contributed by atoms with van der Waals surface area (Å²) in [4.78, 5) is 4.64. The Bertz CT molecular complexity index is 667. The van der Waals surface area contributed by atoms with Crippen LogP contribution in [0.25, 0.3) is 0 Å². The molecule has 0 bridgehead atoms. The summed E-state index contributed by atoms with van der Waals surface area (Å²) < 4.78 is 0. The van der Waals surface area contributed by atoms with Crippen molar-refractivity contribution in [1.29, 1.82) is 0 Å². The molecule has 2 aromatic carbocycles. The summed E-state index contributed by atoms with van der Waals surface area (Å²) in [5.41, 5.74) is 5.27. The smallest absolute Gasteiger partial charge is 0.118 e. The van der Waals surface area contributed by atoms with Gasteiger partial charge in [-0.2, -0.15) is 0 Å². The molecule has 0 radical (unpaired) electrons. The maximum Gasteiger partial charge on any atom is 0.118 e. The molecule has 0 amide bonds. The lowest BCUT2D eigenvalue weighted by molar-refractivity contribution is 0.470. The van der Waals surface area contributed by atoms with Gasteiger partial charge in [-0.1, -0.05) is 52.0 Å². The summed E-state index contributed by atoms with van der Waals surface area (Å²) in [5.74, 6) is 1.20. The van der Waals surface area contributed by atoms with Gasteiger partial charge >= 0.3 is 0 Å². The van der Waals surface area contributed by atoms with Crippen LogP contribution in [0.1, 0.15) is 61.8 Å². The molecule has 0 saturated carbocycles. The second-order valence-corrected chi connectivity index (χ2v) is 6.43. The molecule has 0 aliphatic rings. The predicted octanol–water partition coefficient (Wildman–Crippen LogP) is 5.70. The molecule has 116 valence electrons. The molecule has 0 heterocycles. The predicted molar refractivity (Wildman–Crippen MR) is 94.7 cm³/mol. The van der Waals surface area contributed by atoms with Crippen molar-refractivity contribution in [2.45, 2.75) is 46.5 Å². The van der Waals surface area contributed by atoms with Crippen LogP contribution >= 0.6 is 0 Å². The molecule has 0 aromatic heterocycles. The minimum absolute atomic E-state index is 0.321. The SMILES string of the molecule is Cc1cc(N=Cc2ccc(C(C)C)cc2)c(C(C)C)cc1O. The Hall–Kier alpha value is -2.09. The van der Waals surface area contributed by atoms with E-state index in [2.05, 4.69) is 57.0 Å². The van der Waals surface area contributed by atoms with Crippen molar-refractivity contribution in [3.63, 3.8) is 0 Å². The molecule has 0 fully saturated rings. The minimum Gasteiger partial charge on any atom is -0.508 e. The first kappa shape index (κ1) is 16.3. The zero-order chi connectivity index (χ0) is 16.3. The van der Waals surface area contributed by atoms with E-state index >= 15 is 0 Å². The number of benzene rings is 2. The second-order valence-electron chi connectivity index (χ2n) is 6.43. The third-order valence-electron chi connectivity index (χ3n) is 3.92. The number of aryl methyl sites for hydroxylation is 1. The Balaban J connectivity index is 2.31. The highest BCUT2D eigenvalue weighted by Crippen LogP contribution is 2.32. The summed E-state index contributed by atoms with van der Waals surface area (Å²) in [7, 11) is 0. The lowest BCUT2D eigenvalue weighted by Crippen LogP contribution is -1.91. The maximum atomic E-state index is 9.89. The van der Waals surface area contributed by atoms with Crippen molar-refractivity contribution in [3.8, 4) is 5.75 Å². The van der Waals surface area contributed by atoms with Gasteiger partial charge in [0.2, 0.25) is 0 Å². The van der Waals surface area contributed by atoms with Crippen molar-refractivity contribution >= 4 is 11.9 Å². The Morgan fingerprint density at radius 2 is 1.59 bits per heavy atom. The van der Waals surface area contributed by atoms with Gasteiger partial charge in [-0.05, 0) is 53.1 Å². The molecule has 0 spiro atoms. The Kier molecular flexibility index (Phi) is 5.02. The number of aromatic hydroxyl groups is 1. The van der Waals surface area contributed by atoms with Crippen molar-refractivity contribution in [2.75, 3.05) is 0 Å². The van der Waals surface area contributed by atoms with E-state index in [1.165, 1.54) is 5.56 Å². The molecule has 2 nitrogen and oxygen atoms in total. The summed E-state index contributed by atoms with van der Waals surface area (Å²) in [6.45, 7) is 10.5. The van der Waals surface area contributed by atoms with E-state index in [1.807, 2.05) is 25.3 Å². The van der Waals surface area contributed by atoms with Gasteiger partial charge in [0.1, 0.15) is 5.75 Å². The molecular weight excluding hydrogens is 270 g/mol. The van der Waals surface area contributed by atoms with Crippen LogP contribution in [0, 0.1) is 6.92 Å². The van der Waals surface area contributed by atoms with Gasteiger partial charge in [-0.25, -0.2) is 0 Å². The number of phenols is 1. The Labute approximate surface area is 133 Å².